The zero-order valence-corrected chi connectivity index (χ0v) is 14.6. The number of aromatic amines is 1. The standard InChI is InChI=1S/C19H26N4O/c1-12-16(11-23-8-4-3-5-9-23)13(2)20-17(12)10-15-18(14-6-7-14)21-22-19(15)24/h10,14,20H,3-9,11H2,1-2H3,(H,22,24)/b15-10-. The molecule has 0 unspecified atom stereocenters. The van der Waals surface area contributed by atoms with Crippen LogP contribution < -0.4 is 5.43 Å². The SMILES string of the molecule is Cc1[nH]c(/C=C2\C(=O)NN=C2C2CC2)c(C)c1CN1CCCCC1. The van der Waals surface area contributed by atoms with Crippen molar-refractivity contribution >= 4 is 17.7 Å². The van der Waals surface area contributed by atoms with Gasteiger partial charge in [-0.15, -0.1) is 0 Å². The van der Waals surface area contributed by atoms with Gasteiger partial charge in [-0.2, -0.15) is 5.10 Å². The van der Waals surface area contributed by atoms with Crippen molar-refractivity contribution in [1.82, 2.24) is 15.3 Å². The third kappa shape index (κ3) is 2.93. The van der Waals surface area contributed by atoms with E-state index >= 15 is 0 Å². The van der Waals surface area contributed by atoms with E-state index in [1.165, 1.54) is 49.2 Å². The molecule has 1 aliphatic carbocycles. The van der Waals surface area contributed by atoms with E-state index in [9.17, 15) is 4.79 Å². The summed E-state index contributed by atoms with van der Waals surface area (Å²) in [5, 5.41) is 4.24. The molecule has 0 aromatic carbocycles. The Bertz CT molecular complexity index is 718. The number of hydrazone groups is 1. The summed E-state index contributed by atoms with van der Waals surface area (Å²) in [4.78, 5) is 18.2. The van der Waals surface area contributed by atoms with E-state index in [0.29, 0.717) is 5.92 Å². The van der Waals surface area contributed by atoms with Crippen molar-refractivity contribution in [2.24, 2.45) is 11.0 Å². The average molecular weight is 326 g/mol. The molecule has 4 rings (SSSR count). The average Bonchev–Trinajstić information content (AvgIpc) is 3.32. The van der Waals surface area contributed by atoms with Crippen molar-refractivity contribution in [2.75, 3.05) is 13.1 Å². The van der Waals surface area contributed by atoms with Crippen LogP contribution in [0.4, 0.5) is 0 Å². The Kier molecular flexibility index (Phi) is 4.04. The molecule has 5 nitrogen and oxygen atoms in total. The summed E-state index contributed by atoms with van der Waals surface area (Å²) in [5.41, 5.74) is 9.23. The quantitative estimate of drug-likeness (QED) is 0.836. The molecule has 0 bridgehead atoms. The Labute approximate surface area is 143 Å². The molecule has 128 valence electrons. The number of hydrogen-bond acceptors (Lipinski definition) is 3. The van der Waals surface area contributed by atoms with Crippen LogP contribution in [0, 0.1) is 19.8 Å². The third-order valence-corrected chi connectivity index (χ3v) is 5.51. The second-order valence-electron chi connectivity index (χ2n) is 7.37. The Morgan fingerprint density at radius 3 is 2.67 bits per heavy atom. The molecule has 3 heterocycles. The highest BCUT2D eigenvalue weighted by Crippen LogP contribution is 2.35. The fraction of sp³-hybridized carbons (Fsp3) is 0.579. The summed E-state index contributed by atoms with van der Waals surface area (Å²) < 4.78 is 0. The van der Waals surface area contributed by atoms with Gasteiger partial charge in [0.25, 0.3) is 5.91 Å². The minimum absolute atomic E-state index is 0.0684. The summed E-state index contributed by atoms with van der Waals surface area (Å²) in [6.45, 7) is 7.70. The lowest BCUT2D eigenvalue weighted by Crippen LogP contribution is -2.29. The zero-order valence-electron chi connectivity index (χ0n) is 14.6. The van der Waals surface area contributed by atoms with Crippen LogP contribution in [-0.4, -0.2) is 34.6 Å². The van der Waals surface area contributed by atoms with E-state index < -0.39 is 0 Å². The highest BCUT2D eigenvalue weighted by atomic mass is 16.2. The second-order valence-corrected chi connectivity index (χ2v) is 7.37. The Balaban J connectivity index is 1.59. The van der Waals surface area contributed by atoms with Gasteiger partial charge in [0.05, 0.1) is 11.3 Å². The van der Waals surface area contributed by atoms with Crippen LogP contribution in [0.15, 0.2) is 10.7 Å². The van der Waals surface area contributed by atoms with Gasteiger partial charge in [0.15, 0.2) is 0 Å². The molecule has 1 amide bonds. The minimum atomic E-state index is -0.0684. The number of aromatic nitrogens is 1. The molecule has 1 aromatic heterocycles. The summed E-state index contributed by atoms with van der Waals surface area (Å²) in [7, 11) is 0. The molecule has 2 fully saturated rings. The lowest BCUT2D eigenvalue weighted by atomic mass is 10.0. The summed E-state index contributed by atoms with van der Waals surface area (Å²) >= 11 is 0. The van der Waals surface area contributed by atoms with E-state index in [2.05, 4.69) is 34.3 Å². The van der Waals surface area contributed by atoms with Crippen molar-refractivity contribution in [3.05, 3.63) is 28.1 Å². The number of rotatable bonds is 4. The van der Waals surface area contributed by atoms with Gasteiger partial charge in [0, 0.05) is 23.9 Å². The molecule has 5 heteroatoms. The molecule has 0 atom stereocenters. The Hall–Kier alpha value is -1.88. The third-order valence-electron chi connectivity index (χ3n) is 5.51. The normalized spacial score (nSPS) is 23.7. The second kappa shape index (κ2) is 6.20. The predicted molar refractivity (Wildman–Crippen MR) is 95.7 cm³/mol. The first kappa shape index (κ1) is 15.6. The maximum Gasteiger partial charge on any atom is 0.273 e. The predicted octanol–water partition coefficient (Wildman–Crippen LogP) is 2.90. The van der Waals surface area contributed by atoms with Gasteiger partial charge in [-0.05, 0) is 69.8 Å². The Morgan fingerprint density at radius 2 is 1.96 bits per heavy atom. The van der Waals surface area contributed by atoms with Gasteiger partial charge in [0.2, 0.25) is 0 Å². The van der Waals surface area contributed by atoms with E-state index in [0.717, 1.165) is 36.4 Å². The highest BCUT2D eigenvalue weighted by molar-refractivity contribution is 6.28. The summed E-state index contributed by atoms with van der Waals surface area (Å²) in [6, 6.07) is 0. The van der Waals surface area contributed by atoms with Crippen LogP contribution in [0.3, 0.4) is 0 Å². The van der Waals surface area contributed by atoms with Crippen molar-refractivity contribution in [3.8, 4) is 0 Å². The number of nitrogens with zero attached hydrogens (tertiary/aromatic N) is 2. The first-order valence-corrected chi connectivity index (χ1v) is 9.14. The molecule has 1 aromatic rings. The van der Waals surface area contributed by atoms with Crippen LogP contribution in [-0.2, 0) is 11.3 Å². The lowest BCUT2D eigenvalue weighted by molar-refractivity contribution is -0.116. The largest absolute Gasteiger partial charge is 0.359 e. The monoisotopic (exact) mass is 326 g/mol. The number of carbonyl (C=O) groups is 1. The number of aryl methyl sites for hydroxylation is 1. The zero-order chi connectivity index (χ0) is 16.7. The fourth-order valence-corrected chi connectivity index (χ4v) is 3.84. The topological polar surface area (TPSA) is 60.5 Å². The van der Waals surface area contributed by atoms with Crippen molar-refractivity contribution in [1.29, 1.82) is 0 Å². The molecular weight excluding hydrogens is 300 g/mol. The minimum Gasteiger partial charge on any atom is -0.359 e. The van der Waals surface area contributed by atoms with Gasteiger partial charge < -0.3 is 4.98 Å². The highest BCUT2D eigenvalue weighted by Gasteiger charge is 2.36. The fourth-order valence-electron chi connectivity index (χ4n) is 3.84. The van der Waals surface area contributed by atoms with E-state index in [-0.39, 0.29) is 5.91 Å². The van der Waals surface area contributed by atoms with Crippen LogP contribution >= 0.6 is 0 Å². The Morgan fingerprint density at radius 1 is 1.21 bits per heavy atom. The van der Waals surface area contributed by atoms with Crippen molar-refractivity contribution < 1.29 is 4.79 Å². The molecule has 0 spiro atoms. The molecule has 2 N–H and O–H groups in total. The van der Waals surface area contributed by atoms with E-state index in [1.54, 1.807) is 0 Å². The van der Waals surface area contributed by atoms with Crippen molar-refractivity contribution in [2.45, 2.75) is 52.5 Å². The van der Waals surface area contributed by atoms with Gasteiger partial charge in [-0.3, -0.25) is 9.69 Å². The number of likely N-dealkylation sites (tertiary alicyclic amines) is 1. The molecule has 3 aliphatic rings. The first-order chi connectivity index (χ1) is 11.6. The summed E-state index contributed by atoms with van der Waals surface area (Å²) in [5.74, 6) is 0.403. The molecule has 1 saturated carbocycles. The van der Waals surface area contributed by atoms with Gasteiger partial charge in [-0.1, -0.05) is 6.42 Å². The smallest absolute Gasteiger partial charge is 0.273 e. The molecule has 24 heavy (non-hydrogen) atoms. The van der Waals surface area contributed by atoms with Gasteiger partial charge in [-0.25, -0.2) is 5.43 Å². The van der Waals surface area contributed by atoms with Gasteiger partial charge in [0.1, 0.15) is 0 Å². The van der Waals surface area contributed by atoms with Crippen molar-refractivity contribution in [3.63, 3.8) is 0 Å². The summed E-state index contributed by atoms with van der Waals surface area (Å²) in [6.07, 6.45) is 8.27. The maximum absolute atomic E-state index is 12.1. The number of piperidine rings is 1. The number of nitrogens with one attached hydrogen (secondary N) is 2. The molecule has 1 saturated heterocycles. The van der Waals surface area contributed by atoms with E-state index in [1.807, 2.05) is 6.08 Å². The number of amides is 1. The van der Waals surface area contributed by atoms with Gasteiger partial charge >= 0.3 is 0 Å². The van der Waals surface area contributed by atoms with E-state index in [4.69, 9.17) is 0 Å². The maximum atomic E-state index is 12.1. The number of hydrogen-bond donors (Lipinski definition) is 2. The lowest BCUT2D eigenvalue weighted by Gasteiger charge is -2.26. The number of carbonyl (C=O) groups excluding carboxylic acids is 1. The molecule has 2 aliphatic heterocycles. The molecule has 0 radical (unpaired) electrons. The van der Waals surface area contributed by atoms with Crippen LogP contribution in [0.25, 0.3) is 6.08 Å². The van der Waals surface area contributed by atoms with Crippen LogP contribution in [0.1, 0.15) is 54.6 Å². The van der Waals surface area contributed by atoms with Crippen LogP contribution in [0.5, 0.6) is 0 Å². The molecular formula is C19H26N4O. The number of H-pyrrole nitrogens is 1. The first-order valence-electron chi connectivity index (χ1n) is 9.14. The van der Waals surface area contributed by atoms with Crippen LogP contribution in [0.2, 0.25) is 0 Å².